The van der Waals surface area contributed by atoms with Crippen molar-refractivity contribution in [3.63, 3.8) is 0 Å². The number of likely N-dealkylation sites (tertiary alicyclic amines) is 1. The molecular formula is C23H26N4O3. The van der Waals surface area contributed by atoms with E-state index < -0.39 is 5.60 Å². The number of aromatic nitrogens is 2. The van der Waals surface area contributed by atoms with Crippen LogP contribution in [0.3, 0.4) is 0 Å². The van der Waals surface area contributed by atoms with Crippen LogP contribution in [0, 0.1) is 0 Å². The summed E-state index contributed by atoms with van der Waals surface area (Å²) in [6.07, 6.45) is 3.48. The third-order valence-corrected chi connectivity index (χ3v) is 5.83. The van der Waals surface area contributed by atoms with Crippen LogP contribution in [0.25, 0.3) is 10.9 Å². The Labute approximate surface area is 174 Å². The van der Waals surface area contributed by atoms with Crippen LogP contribution in [-0.4, -0.2) is 44.2 Å². The fourth-order valence-electron chi connectivity index (χ4n) is 3.99. The van der Waals surface area contributed by atoms with Crippen molar-refractivity contribution >= 4 is 22.5 Å². The minimum atomic E-state index is -1.05. The SMILES string of the molecule is Nc1ccc2ncn(CC3(O)CCN(C(=O)CCc4ccccc4)CC3)c(=O)c2c1. The van der Waals surface area contributed by atoms with Crippen LogP contribution in [0.4, 0.5) is 5.69 Å². The molecule has 0 saturated carbocycles. The molecule has 7 heteroatoms. The number of hydrogen-bond acceptors (Lipinski definition) is 5. The van der Waals surface area contributed by atoms with Gasteiger partial charge < -0.3 is 15.7 Å². The summed E-state index contributed by atoms with van der Waals surface area (Å²) in [4.78, 5) is 31.4. The van der Waals surface area contributed by atoms with Gasteiger partial charge in [-0.05, 0) is 43.0 Å². The van der Waals surface area contributed by atoms with Crippen LogP contribution in [-0.2, 0) is 17.8 Å². The van der Waals surface area contributed by atoms with Crippen molar-refractivity contribution in [3.05, 3.63) is 70.8 Å². The molecule has 3 N–H and O–H groups in total. The second kappa shape index (κ2) is 8.28. The van der Waals surface area contributed by atoms with Crippen molar-refractivity contribution in [1.29, 1.82) is 0 Å². The van der Waals surface area contributed by atoms with E-state index in [1.165, 1.54) is 10.9 Å². The number of anilines is 1. The Morgan fingerprint density at radius 3 is 2.60 bits per heavy atom. The summed E-state index contributed by atoms with van der Waals surface area (Å²) in [5.41, 5.74) is 6.75. The Bertz CT molecular complexity index is 1100. The fourth-order valence-corrected chi connectivity index (χ4v) is 3.99. The minimum Gasteiger partial charge on any atom is -0.399 e. The monoisotopic (exact) mass is 406 g/mol. The molecule has 1 aliphatic rings. The van der Waals surface area contributed by atoms with Gasteiger partial charge in [-0.1, -0.05) is 30.3 Å². The van der Waals surface area contributed by atoms with Gasteiger partial charge in [0.25, 0.3) is 5.56 Å². The molecule has 3 aromatic rings. The number of rotatable bonds is 5. The van der Waals surface area contributed by atoms with Gasteiger partial charge in [0, 0.05) is 25.2 Å². The van der Waals surface area contributed by atoms with Crippen molar-refractivity contribution in [2.45, 2.75) is 37.8 Å². The second-order valence-corrected chi connectivity index (χ2v) is 8.04. The van der Waals surface area contributed by atoms with Crippen molar-refractivity contribution in [3.8, 4) is 0 Å². The maximum Gasteiger partial charge on any atom is 0.261 e. The van der Waals surface area contributed by atoms with Crippen LogP contribution in [0.1, 0.15) is 24.8 Å². The number of carbonyl (C=O) groups is 1. The van der Waals surface area contributed by atoms with E-state index in [1.807, 2.05) is 30.3 Å². The second-order valence-electron chi connectivity index (χ2n) is 8.04. The van der Waals surface area contributed by atoms with Gasteiger partial charge in [0.2, 0.25) is 5.91 Å². The van der Waals surface area contributed by atoms with Gasteiger partial charge in [-0.2, -0.15) is 0 Å². The highest BCUT2D eigenvalue weighted by Gasteiger charge is 2.34. The Morgan fingerprint density at radius 2 is 1.87 bits per heavy atom. The largest absolute Gasteiger partial charge is 0.399 e. The third-order valence-electron chi connectivity index (χ3n) is 5.83. The fraction of sp³-hybridized carbons (Fsp3) is 0.348. The standard InChI is InChI=1S/C23H26N4O3/c24-18-7-8-20-19(14-18)22(29)27(16-25-20)15-23(30)10-12-26(13-11-23)21(28)9-6-17-4-2-1-3-5-17/h1-5,7-8,14,16,30H,6,9-13,15,24H2. The molecule has 0 spiro atoms. The summed E-state index contributed by atoms with van der Waals surface area (Å²) >= 11 is 0. The van der Waals surface area contributed by atoms with Crippen LogP contribution >= 0.6 is 0 Å². The number of carbonyl (C=O) groups excluding carboxylic acids is 1. The zero-order valence-corrected chi connectivity index (χ0v) is 16.8. The lowest BCUT2D eigenvalue weighted by molar-refractivity contribution is -0.135. The maximum absolute atomic E-state index is 12.8. The molecule has 0 radical (unpaired) electrons. The first-order valence-corrected chi connectivity index (χ1v) is 10.2. The first-order valence-electron chi connectivity index (χ1n) is 10.2. The zero-order chi connectivity index (χ0) is 21.1. The van der Waals surface area contributed by atoms with E-state index in [-0.39, 0.29) is 18.0 Å². The molecule has 4 rings (SSSR count). The molecule has 30 heavy (non-hydrogen) atoms. The van der Waals surface area contributed by atoms with Crippen molar-refractivity contribution < 1.29 is 9.90 Å². The number of fused-ring (bicyclic) bond motifs is 1. The van der Waals surface area contributed by atoms with Gasteiger partial charge in [0.15, 0.2) is 0 Å². The van der Waals surface area contributed by atoms with E-state index in [4.69, 9.17) is 5.73 Å². The number of benzene rings is 2. The average Bonchev–Trinajstić information content (AvgIpc) is 2.75. The maximum atomic E-state index is 12.8. The molecule has 0 bridgehead atoms. The Hall–Kier alpha value is -3.19. The highest BCUT2D eigenvalue weighted by molar-refractivity contribution is 5.80. The van der Waals surface area contributed by atoms with Crippen molar-refractivity contribution in [2.75, 3.05) is 18.8 Å². The van der Waals surface area contributed by atoms with Crippen molar-refractivity contribution in [1.82, 2.24) is 14.5 Å². The number of piperidine rings is 1. The van der Waals surface area contributed by atoms with E-state index in [0.29, 0.717) is 55.4 Å². The smallest absolute Gasteiger partial charge is 0.261 e. The van der Waals surface area contributed by atoms with E-state index in [1.54, 1.807) is 23.1 Å². The minimum absolute atomic E-state index is 0.0981. The number of amides is 1. The topological polar surface area (TPSA) is 101 Å². The Kier molecular flexibility index (Phi) is 5.55. The number of nitrogens with zero attached hydrogens (tertiary/aromatic N) is 3. The van der Waals surface area contributed by atoms with Crippen LogP contribution < -0.4 is 11.3 Å². The Morgan fingerprint density at radius 1 is 1.13 bits per heavy atom. The molecule has 0 unspecified atom stereocenters. The Balaban J connectivity index is 1.38. The molecular weight excluding hydrogens is 380 g/mol. The van der Waals surface area contributed by atoms with E-state index in [9.17, 15) is 14.7 Å². The molecule has 1 amide bonds. The lowest BCUT2D eigenvalue weighted by Gasteiger charge is -2.38. The van der Waals surface area contributed by atoms with Crippen LogP contribution in [0.5, 0.6) is 0 Å². The lowest BCUT2D eigenvalue weighted by Crippen LogP contribution is -2.49. The number of hydrogen-bond donors (Lipinski definition) is 2. The highest BCUT2D eigenvalue weighted by Crippen LogP contribution is 2.24. The summed E-state index contributed by atoms with van der Waals surface area (Å²) in [6, 6.07) is 15.0. The number of nitrogen functional groups attached to an aromatic ring is 1. The summed E-state index contributed by atoms with van der Waals surface area (Å²) in [5.74, 6) is 0.0981. The molecule has 1 aliphatic heterocycles. The highest BCUT2D eigenvalue weighted by atomic mass is 16.3. The number of aliphatic hydroxyl groups is 1. The number of aryl methyl sites for hydroxylation is 1. The van der Waals surface area contributed by atoms with Gasteiger partial charge in [0.1, 0.15) is 0 Å². The van der Waals surface area contributed by atoms with E-state index in [0.717, 1.165) is 5.56 Å². The normalized spacial score (nSPS) is 16.0. The summed E-state index contributed by atoms with van der Waals surface area (Å²) in [6.45, 7) is 1.11. The molecule has 1 fully saturated rings. The number of nitrogens with two attached hydrogens (primary N) is 1. The molecule has 1 aromatic heterocycles. The van der Waals surface area contributed by atoms with Gasteiger partial charge in [-0.3, -0.25) is 14.2 Å². The average molecular weight is 406 g/mol. The summed E-state index contributed by atoms with van der Waals surface area (Å²) < 4.78 is 1.44. The summed E-state index contributed by atoms with van der Waals surface area (Å²) in [5, 5.41) is 11.5. The molecule has 0 atom stereocenters. The predicted octanol–water partition coefficient (Wildman–Crippen LogP) is 1.96. The van der Waals surface area contributed by atoms with Crippen molar-refractivity contribution in [2.24, 2.45) is 0 Å². The molecule has 0 aliphatic carbocycles. The van der Waals surface area contributed by atoms with Gasteiger partial charge in [-0.25, -0.2) is 4.98 Å². The first kappa shape index (κ1) is 20.1. The van der Waals surface area contributed by atoms with Gasteiger partial charge in [-0.15, -0.1) is 0 Å². The van der Waals surface area contributed by atoms with Gasteiger partial charge in [0.05, 0.1) is 29.4 Å². The molecule has 2 aromatic carbocycles. The zero-order valence-electron chi connectivity index (χ0n) is 16.8. The molecule has 156 valence electrons. The molecule has 2 heterocycles. The molecule has 7 nitrogen and oxygen atoms in total. The van der Waals surface area contributed by atoms with Crippen LogP contribution in [0.2, 0.25) is 0 Å². The van der Waals surface area contributed by atoms with Gasteiger partial charge >= 0.3 is 0 Å². The lowest BCUT2D eigenvalue weighted by atomic mass is 9.91. The molecule has 1 saturated heterocycles. The quantitative estimate of drug-likeness (QED) is 0.631. The first-order chi connectivity index (χ1) is 14.4. The van der Waals surface area contributed by atoms with E-state index in [2.05, 4.69) is 4.98 Å². The van der Waals surface area contributed by atoms with Crippen LogP contribution in [0.15, 0.2) is 59.7 Å². The predicted molar refractivity (Wildman–Crippen MR) is 116 cm³/mol. The van der Waals surface area contributed by atoms with E-state index >= 15 is 0 Å². The third kappa shape index (κ3) is 4.36. The summed E-state index contributed by atoms with van der Waals surface area (Å²) in [7, 11) is 0.